The molecule has 0 radical (unpaired) electrons. The minimum Gasteiger partial charge on any atom is -0.497 e. The third kappa shape index (κ3) is 6.31. The van der Waals surface area contributed by atoms with Gasteiger partial charge in [-0.3, -0.25) is 14.9 Å². The Labute approximate surface area is 215 Å². The maximum absolute atomic E-state index is 12.6. The highest BCUT2D eigenvalue weighted by Crippen LogP contribution is 2.35. The van der Waals surface area contributed by atoms with E-state index in [-0.39, 0.29) is 43.2 Å². The molecule has 0 bridgehead atoms. The predicted molar refractivity (Wildman–Crippen MR) is 133 cm³/mol. The number of non-ortho nitro benzene ring substituents is 1. The molecule has 36 heavy (non-hydrogen) atoms. The summed E-state index contributed by atoms with van der Waals surface area (Å²) in [6.07, 6.45) is 1.19. The van der Waals surface area contributed by atoms with Crippen molar-refractivity contribution >= 4 is 56.7 Å². The van der Waals surface area contributed by atoms with Gasteiger partial charge in [-0.25, -0.2) is 0 Å². The first-order chi connectivity index (χ1) is 17.0. The molecule has 184 valence electrons. The topological polar surface area (TPSA) is 149 Å². The Morgan fingerprint density at radius 2 is 1.72 bits per heavy atom. The number of ether oxygens (including phenoxy) is 1. The summed E-state index contributed by atoms with van der Waals surface area (Å²) in [5, 5.41) is 22.3. The first-order valence-corrected chi connectivity index (χ1v) is 12.0. The average molecular weight is 548 g/mol. The van der Waals surface area contributed by atoms with Crippen LogP contribution >= 0.6 is 23.2 Å². The lowest BCUT2D eigenvalue weighted by atomic mass is 10.1. The van der Waals surface area contributed by atoms with E-state index in [0.717, 1.165) is 12.1 Å². The number of methoxy groups -OCH3 is 1. The number of anilines is 1. The van der Waals surface area contributed by atoms with Crippen molar-refractivity contribution in [2.45, 2.75) is 4.90 Å². The molecule has 0 saturated heterocycles. The Bertz CT molecular complexity index is 1490. The summed E-state index contributed by atoms with van der Waals surface area (Å²) >= 11 is 12.0. The number of amides is 1. The molecule has 3 aromatic rings. The Kier molecular flexibility index (Phi) is 8.16. The number of benzene rings is 3. The van der Waals surface area contributed by atoms with Gasteiger partial charge in [0.1, 0.15) is 28.0 Å². The monoisotopic (exact) mass is 547 g/mol. The van der Waals surface area contributed by atoms with Gasteiger partial charge in [0.2, 0.25) is 0 Å². The van der Waals surface area contributed by atoms with Gasteiger partial charge >= 0.3 is 10.1 Å². The summed E-state index contributed by atoms with van der Waals surface area (Å²) in [5.74, 6) is -0.481. The van der Waals surface area contributed by atoms with Crippen molar-refractivity contribution in [1.82, 2.24) is 0 Å². The van der Waals surface area contributed by atoms with Crippen molar-refractivity contribution in [3.8, 4) is 17.6 Å². The number of nitro benzene ring substituents is 1. The molecule has 0 aromatic heterocycles. The molecule has 0 unspecified atom stereocenters. The highest BCUT2D eigenvalue weighted by atomic mass is 35.5. The summed E-state index contributed by atoms with van der Waals surface area (Å²) < 4.78 is 35.3. The first kappa shape index (κ1) is 26.5. The molecule has 0 aliphatic heterocycles. The quantitative estimate of drug-likeness (QED) is 0.132. The van der Waals surface area contributed by atoms with Crippen molar-refractivity contribution in [1.29, 1.82) is 5.26 Å². The Morgan fingerprint density at radius 1 is 1.08 bits per heavy atom. The van der Waals surface area contributed by atoms with Crippen LogP contribution < -0.4 is 14.2 Å². The van der Waals surface area contributed by atoms with Crippen LogP contribution in [-0.2, 0) is 14.9 Å². The summed E-state index contributed by atoms with van der Waals surface area (Å²) in [4.78, 5) is 22.7. The van der Waals surface area contributed by atoms with Crippen LogP contribution in [0.5, 0.6) is 11.5 Å². The molecule has 0 fully saturated rings. The zero-order valence-electron chi connectivity index (χ0n) is 18.3. The van der Waals surface area contributed by atoms with Crippen LogP contribution in [0.2, 0.25) is 10.0 Å². The first-order valence-electron chi connectivity index (χ1n) is 9.79. The number of nitrogens with one attached hydrogen (secondary N) is 1. The van der Waals surface area contributed by atoms with Crippen LogP contribution in [0.15, 0.2) is 71.1 Å². The van der Waals surface area contributed by atoms with Crippen LogP contribution in [-0.4, -0.2) is 26.4 Å². The fourth-order valence-corrected chi connectivity index (χ4v) is 4.35. The minimum absolute atomic E-state index is 0.0567. The van der Waals surface area contributed by atoms with Crippen molar-refractivity contribution in [3.05, 3.63) is 92.0 Å². The lowest BCUT2D eigenvalue weighted by Gasteiger charge is -2.09. The molecule has 1 amide bonds. The van der Waals surface area contributed by atoms with Crippen molar-refractivity contribution in [2.75, 3.05) is 12.4 Å². The lowest BCUT2D eigenvalue weighted by molar-refractivity contribution is -0.384. The second-order valence-corrected chi connectivity index (χ2v) is 9.31. The van der Waals surface area contributed by atoms with E-state index in [2.05, 4.69) is 5.32 Å². The Morgan fingerprint density at radius 3 is 2.28 bits per heavy atom. The van der Waals surface area contributed by atoms with E-state index < -0.39 is 20.9 Å². The van der Waals surface area contributed by atoms with Gasteiger partial charge < -0.3 is 14.2 Å². The lowest BCUT2D eigenvalue weighted by Crippen LogP contribution is -2.14. The molecular formula is C23H15Cl2N3O7S. The largest absolute Gasteiger partial charge is 0.497 e. The summed E-state index contributed by atoms with van der Waals surface area (Å²) in [6, 6.07) is 15.0. The molecule has 0 heterocycles. The number of halogens is 2. The van der Waals surface area contributed by atoms with Gasteiger partial charge in [-0.05, 0) is 48.0 Å². The Hall–Kier alpha value is -4.11. The normalized spacial score (nSPS) is 11.3. The summed E-state index contributed by atoms with van der Waals surface area (Å²) in [6.45, 7) is 0. The van der Waals surface area contributed by atoms with E-state index in [0.29, 0.717) is 5.75 Å². The fraction of sp³-hybridized carbons (Fsp3) is 0.0435. The number of carbonyl (C=O) groups is 1. The number of hydrogen-bond donors (Lipinski definition) is 1. The third-order valence-electron chi connectivity index (χ3n) is 4.56. The molecule has 0 spiro atoms. The van der Waals surface area contributed by atoms with Gasteiger partial charge in [-0.15, -0.1) is 0 Å². The molecule has 3 rings (SSSR count). The number of nitrogens with zero attached hydrogens (tertiary/aromatic N) is 2. The number of hydrogen-bond acceptors (Lipinski definition) is 8. The third-order valence-corrected chi connectivity index (χ3v) is 6.42. The van der Waals surface area contributed by atoms with Gasteiger partial charge in [-0.2, -0.15) is 13.7 Å². The van der Waals surface area contributed by atoms with Crippen LogP contribution in [0.4, 0.5) is 11.4 Å². The molecule has 0 saturated carbocycles. The number of nitriles is 1. The molecule has 10 nitrogen and oxygen atoms in total. The van der Waals surface area contributed by atoms with Crippen LogP contribution in [0.1, 0.15) is 5.56 Å². The van der Waals surface area contributed by atoms with E-state index in [4.69, 9.17) is 32.1 Å². The zero-order chi connectivity index (χ0) is 26.5. The number of rotatable bonds is 8. The summed E-state index contributed by atoms with van der Waals surface area (Å²) in [7, 11) is -2.71. The SMILES string of the molecule is COc1ccc(S(=O)(=O)Oc2cccc(/C=C(\C#N)C(=O)Nc3c(Cl)cc([N+](=O)[O-])cc3Cl)c2)cc1. The van der Waals surface area contributed by atoms with Gasteiger partial charge in [0.15, 0.2) is 0 Å². The van der Waals surface area contributed by atoms with E-state index in [1.807, 2.05) is 0 Å². The van der Waals surface area contributed by atoms with Crippen molar-refractivity contribution in [2.24, 2.45) is 0 Å². The van der Waals surface area contributed by atoms with Gasteiger partial charge in [0, 0.05) is 12.1 Å². The number of carbonyl (C=O) groups excluding carboxylic acids is 1. The van der Waals surface area contributed by atoms with Gasteiger partial charge in [0.05, 0.1) is 27.8 Å². The molecule has 0 aliphatic rings. The highest BCUT2D eigenvalue weighted by Gasteiger charge is 2.19. The van der Waals surface area contributed by atoms with Crippen molar-refractivity contribution < 1.29 is 27.1 Å². The van der Waals surface area contributed by atoms with E-state index >= 15 is 0 Å². The van der Waals surface area contributed by atoms with Crippen LogP contribution in [0.3, 0.4) is 0 Å². The van der Waals surface area contributed by atoms with Crippen LogP contribution in [0.25, 0.3) is 6.08 Å². The summed E-state index contributed by atoms with van der Waals surface area (Å²) in [5.41, 5.74) is -0.584. The molecule has 3 aromatic carbocycles. The van der Waals surface area contributed by atoms with E-state index in [1.54, 1.807) is 6.07 Å². The van der Waals surface area contributed by atoms with Crippen LogP contribution in [0, 0.1) is 21.4 Å². The second kappa shape index (κ2) is 11.1. The molecule has 1 N–H and O–H groups in total. The number of nitro groups is 1. The van der Waals surface area contributed by atoms with E-state index in [9.17, 15) is 28.6 Å². The standard InChI is InChI=1S/C23H15Cl2N3O7S/c1-34-17-5-7-19(8-6-17)36(32,33)35-18-4-2-3-14(10-18)9-15(13-26)23(29)27-22-20(24)11-16(28(30)31)12-21(22)25/h2-12H,1H3,(H,27,29)/b15-9+. The smallest absolute Gasteiger partial charge is 0.339 e. The zero-order valence-corrected chi connectivity index (χ0v) is 20.6. The van der Waals surface area contributed by atoms with Gasteiger partial charge in [-0.1, -0.05) is 35.3 Å². The maximum Gasteiger partial charge on any atom is 0.339 e. The average Bonchev–Trinajstić information content (AvgIpc) is 2.84. The molecule has 0 aliphatic carbocycles. The second-order valence-electron chi connectivity index (χ2n) is 6.95. The highest BCUT2D eigenvalue weighted by molar-refractivity contribution is 7.87. The minimum atomic E-state index is -4.16. The Balaban J connectivity index is 1.83. The predicted octanol–water partition coefficient (Wildman–Crippen LogP) is 5.22. The maximum atomic E-state index is 12.6. The molecule has 0 atom stereocenters. The fourth-order valence-electron chi connectivity index (χ4n) is 2.85. The van der Waals surface area contributed by atoms with Gasteiger partial charge in [0.25, 0.3) is 11.6 Å². The van der Waals surface area contributed by atoms with E-state index in [1.165, 1.54) is 61.7 Å². The van der Waals surface area contributed by atoms with Crippen molar-refractivity contribution in [3.63, 3.8) is 0 Å². The molecular weight excluding hydrogens is 533 g/mol. The molecule has 13 heteroatoms.